The molecule has 0 unspecified atom stereocenters. The van der Waals surface area contributed by atoms with Crippen LogP contribution in [0.2, 0.25) is 0 Å². The molecule has 0 spiro atoms. The maximum Gasteiger partial charge on any atom is 0.289 e. The molecule has 0 saturated carbocycles. The smallest absolute Gasteiger partial charge is 0.289 e. The SMILES string of the molecule is Cc1cnc(C(=O)NNC(=O)c2cc(C)oc2C)cn1. The third-order valence-corrected chi connectivity index (χ3v) is 2.59. The van der Waals surface area contributed by atoms with Crippen LogP contribution >= 0.6 is 0 Å². The van der Waals surface area contributed by atoms with Gasteiger partial charge in [-0.05, 0) is 26.8 Å². The number of hydrogen-bond donors (Lipinski definition) is 2. The van der Waals surface area contributed by atoms with Crippen LogP contribution in [0.15, 0.2) is 22.9 Å². The van der Waals surface area contributed by atoms with Gasteiger partial charge in [0, 0.05) is 6.20 Å². The second-order valence-electron chi connectivity index (χ2n) is 4.28. The van der Waals surface area contributed by atoms with E-state index in [2.05, 4.69) is 20.8 Å². The van der Waals surface area contributed by atoms with E-state index in [0.717, 1.165) is 0 Å². The van der Waals surface area contributed by atoms with Crippen molar-refractivity contribution in [3.05, 3.63) is 46.9 Å². The summed E-state index contributed by atoms with van der Waals surface area (Å²) in [6.45, 7) is 5.18. The highest BCUT2D eigenvalue weighted by molar-refractivity contribution is 5.98. The first-order valence-corrected chi connectivity index (χ1v) is 5.93. The minimum absolute atomic E-state index is 0.121. The molecule has 0 saturated heterocycles. The first kappa shape index (κ1) is 13.7. The summed E-state index contributed by atoms with van der Waals surface area (Å²) >= 11 is 0. The van der Waals surface area contributed by atoms with E-state index in [9.17, 15) is 9.59 Å². The van der Waals surface area contributed by atoms with Gasteiger partial charge in [-0.3, -0.25) is 25.4 Å². The lowest BCUT2D eigenvalue weighted by Gasteiger charge is -2.06. The van der Waals surface area contributed by atoms with E-state index >= 15 is 0 Å². The average molecular weight is 274 g/mol. The van der Waals surface area contributed by atoms with Crippen molar-refractivity contribution >= 4 is 11.8 Å². The second kappa shape index (κ2) is 5.52. The quantitative estimate of drug-likeness (QED) is 0.798. The van der Waals surface area contributed by atoms with E-state index in [1.807, 2.05) is 0 Å². The Morgan fingerprint density at radius 2 is 1.75 bits per heavy atom. The molecule has 0 bridgehead atoms. The number of rotatable bonds is 2. The number of amides is 2. The van der Waals surface area contributed by atoms with Crippen LogP contribution in [0.1, 0.15) is 38.1 Å². The zero-order chi connectivity index (χ0) is 14.7. The zero-order valence-corrected chi connectivity index (χ0v) is 11.4. The monoisotopic (exact) mass is 274 g/mol. The standard InChI is InChI=1S/C13H14N4O3/c1-7-5-15-11(6-14-7)13(19)17-16-12(18)10-4-8(2)20-9(10)3/h4-6H,1-3H3,(H,16,18)(H,17,19). The number of carbonyl (C=O) groups is 2. The summed E-state index contributed by atoms with van der Waals surface area (Å²) in [4.78, 5) is 31.4. The third kappa shape index (κ3) is 3.00. The van der Waals surface area contributed by atoms with E-state index in [1.165, 1.54) is 12.4 Å². The molecule has 0 aliphatic carbocycles. The van der Waals surface area contributed by atoms with Crippen LogP contribution < -0.4 is 10.9 Å². The Balaban J connectivity index is 1.98. The van der Waals surface area contributed by atoms with Crippen molar-refractivity contribution in [2.75, 3.05) is 0 Å². The van der Waals surface area contributed by atoms with Gasteiger partial charge < -0.3 is 4.42 Å². The third-order valence-electron chi connectivity index (χ3n) is 2.59. The van der Waals surface area contributed by atoms with Gasteiger partial charge in [-0.2, -0.15) is 0 Å². The Morgan fingerprint density at radius 3 is 2.30 bits per heavy atom. The van der Waals surface area contributed by atoms with Crippen LogP contribution in [0, 0.1) is 20.8 Å². The highest BCUT2D eigenvalue weighted by Gasteiger charge is 2.15. The molecule has 2 aromatic rings. The van der Waals surface area contributed by atoms with Gasteiger partial charge >= 0.3 is 0 Å². The molecule has 2 amide bonds. The van der Waals surface area contributed by atoms with Gasteiger partial charge in [0.2, 0.25) is 0 Å². The highest BCUT2D eigenvalue weighted by Crippen LogP contribution is 2.12. The summed E-state index contributed by atoms with van der Waals surface area (Å²) < 4.78 is 5.24. The molecule has 0 aliphatic rings. The van der Waals surface area contributed by atoms with Gasteiger partial charge in [-0.15, -0.1) is 0 Å². The van der Waals surface area contributed by atoms with Crippen molar-refractivity contribution in [3.8, 4) is 0 Å². The average Bonchev–Trinajstić information content (AvgIpc) is 2.75. The number of furan rings is 1. The minimum atomic E-state index is -0.538. The number of hydrogen-bond acceptors (Lipinski definition) is 5. The summed E-state index contributed by atoms with van der Waals surface area (Å²) in [5, 5.41) is 0. The van der Waals surface area contributed by atoms with Crippen LogP contribution in [0.4, 0.5) is 0 Å². The van der Waals surface area contributed by atoms with Gasteiger partial charge in [0.25, 0.3) is 11.8 Å². The Bertz CT molecular complexity index is 646. The van der Waals surface area contributed by atoms with E-state index in [-0.39, 0.29) is 5.69 Å². The summed E-state index contributed by atoms with van der Waals surface area (Å²) in [5.41, 5.74) is 5.77. The van der Waals surface area contributed by atoms with Crippen LogP contribution in [0.25, 0.3) is 0 Å². The predicted molar refractivity (Wildman–Crippen MR) is 69.9 cm³/mol. The van der Waals surface area contributed by atoms with Crippen LogP contribution in [-0.2, 0) is 0 Å². The lowest BCUT2D eigenvalue weighted by Crippen LogP contribution is -2.42. The van der Waals surface area contributed by atoms with E-state index < -0.39 is 11.8 Å². The van der Waals surface area contributed by atoms with Crippen molar-refractivity contribution < 1.29 is 14.0 Å². The van der Waals surface area contributed by atoms with Crippen molar-refractivity contribution in [2.45, 2.75) is 20.8 Å². The summed E-state index contributed by atoms with van der Waals surface area (Å²) in [6.07, 6.45) is 2.81. The maximum absolute atomic E-state index is 11.8. The van der Waals surface area contributed by atoms with Crippen molar-refractivity contribution in [1.82, 2.24) is 20.8 Å². The fraction of sp³-hybridized carbons (Fsp3) is 0.231. The molecule has 104 valence electrons. The number of aromatic nitrogens is 2. The largest absolute Gasteiger partial charge is 0.466 e. The maximum atomic E-state index is 11.8. The molecule has 0 fully saturated rings. The molecular weight excluding hydrogens is 260 g/mol. The molecule has 0 aliphatic heterocycles. The zero-order valence-electron chi connectivity index (χ0n) is 11.4. The number of carbonyl (C=O) groups excluding carboxylic acids is 2. The van der Waals surface area contributed by atoms with Crippen molar-refractivity contribution in [2.24, 2.45) is 0 Å². The van der Waals surface area contributed by atoms with Gasteiger partial charge in [0.1, 0.15) is 17.2 Å². The topological polar surface area (TPSA) is 97.1 Å². The van der Waals surface area contributed by atoms with Gasteiger partial charge in [-0.25, -0.2) is 4.98 Å². The fourth-order valence-corrected chi connectivity index (χ4v) is 1.61. The van der Waals surface area contributed by atoms with Crippen molar-refractivity contribution in [3.63, 3.8) is 0 Å². The first-order chi connectivity index (χ1) is 9.47. The second-order valence-corrected chi connectivity index (χ2v) is 4.28. The van der Waals surface area contributed by atoms with Gasteiger partial charge in [-0.1, -0.05) is 0 Å². The minimum Gasteiger partial charge on any atom is -0.466 e. The van der Waals surface area contributed by atoms with E-state index in [0.29, 0.717) is 22.8 Å². The van der Waals surface area contributed by atoms with Crippen LogP contribution in [0.5, 0.6) is 0 Å². The Hall–Kier alpha value is -2.70. The Kier molecular flexibility index (Phi) is 3.79. The van der Waals surface area contributed by atoms with E-state index in [1.54, 1.807) is 26.8 Å². The molecule has 2 rings (SSSR count). The molecule has 0 radical (unpaired) electrons. The lowest BCUT2D eigenvalue weighted by atomic mass is 10.2. The number of hydrazine groups is 1. The lowest BCUT2D eigenvalue weighted by molar-refractivity contribution is 0.0842. The number of nitrogens with zero attached hydrogens (tertiary/aromatic N) is 2. The fourth-order valence-electron chi connectivity index (χ4n) is 1.61. The van der Waals surface area contributed by atoms with E-state index in [4.69, 9.17) is 4.42 Å². The molecule has 2 N–H and O–H groups in total. The normalized spacial score (nSPS) is 10.2. The van der Waals surface area contributed by atoms with Crippen LogP contribution in [-0.4, -0.2) is 21.8 Å². The molecule has 2 heterocycles. The molecule has 7 heteroatoms. The number of nitrogens with one attached hydrogen (secondary N) is 2. The molecule has 20 heavy (non-hydrogen) atoms. The summed E-state index contributed by atoms with van der Waals surface area (Å²) in [6, 6.07) is 1.60. The van der Waals surface area contributed by atoms with Crippen LogP contribution in [0.3, 0.4) is 0 Å². The predicted octanol–water partition coefficient (Wildman–Crippen LogP) is 1.07. The van der Waals surface area contributed by atoms with Gasteiger partial charge in [0.15, 0.2) is 0 Å². The van der Waals surface area contributed by atoms with Gasteiger partial charge in [0.05, 0.1) is 17.5 Å². The summed E-state index contributed by atoms with van der Waals surface area (Å²) in [7, 11) is 0. The molecule has 2 aromatic heterocycles. The summed E-state index contributed by atoms with van der Waals surface area (Å²) in [5.74, 6) is 0.129. The molecule has 7 nitrogen and oxygen atoms in total. The number of aryl methyl sites for hydroxylation is 3. The Morgan fingerprint density at radius 1 is 1.05 bits per heavy atom. The Labute approximate surface area is 115 Å². The van der Waals surface area contributed by atoms with Crippen molar-refractivity contribution in [1.29, 1.82) is 0 Å². The molecule has 0 atom stereocenters. The molecular formula is C13H14N4O3. The molecule has 0 aromatic carbocycles. The first-order valence-electron chi connectivity index (χ1n) is 5.93. The highest BCUT2D eigenvalue weighted by atomic mass is 16.3.